The number of carbonyl (C=O) groups is 1. The van der Waals surface area contributed by atoms with Gasteiger partial charge in [0, 0.05) is 16.3 Å². The third kappa shape index (κ3) is 4.59. The molecular weight excluding hydrogens is 393 g/mol. The first-order valence-electron chi connectivity index (χ1n) is 9.24. The van der Waals surface area contributed by atoms with Gasteiger partial charge in [0.2, 0.25) is 5.91 Å². The molecule has 3 rings (SSSR count). The highest BCUT2D eigenvalue weighted by Crippen LogP contribution is 2.23. The summed E-state index contributed by atoms with van der Waals surface area (Å²) >= 11 is 5.96. The zero-order chi connectivity index (χ0) is 21.1. The van der Waals surface area contributed by atoms with E-state index < -0.39 is 5.82 Å². The molecule has 1 atom stereocenters. The lowest BCUT2D eigenvalue weighted by Gasteiger charge is -2.15. The number of aryl methyl sites for hydroxylation is 1. The van der Waals surface area contributed by atoms with Crippen molar-refractivity contribution in [1.82, 2.24) is 15.1 Å². The Bertz CT molecular complexity index is 1030. The lowest BCUT2D eigenvalue weighted by Crippen LogP contribution is -2.28. The smallest absolute Gasteiger partial charge is 0.225 e. The van der Waals surface area contributed by atoms with Gasteiger partial charge in [0.05, 0.1) is 31.0 Å². The van der Waals surface area contributed by atoms with E-state index in [1.165, 1.54) is 13.2 Å². The van der Waals surface area contributed by atoms with Crippen LogP contribution in [0, 0.1) is 19.7 Å². The summed E-state index contributed by atoms with van der Waals surface area (Å²) in [5.74, 6) is -0.439. The number of ether oxygens (including phenoxy) is 1. The number of aromatic nitrogens is 2. The maximum atomic E-state index is 13.9. The Morgan fingerprint density at radius 2 is 1.93 bits per heavy atom. The van der Waals surface area contributed by atoms with Crippen LogP contribution in [0.15, 0.2) is 42.5 Å². The van der Waals surface area contributed by atoms with Crippen molar-refractivity contribution in [2.75, 3.05) is 7.11 Å². The number of amides is 1. The van der Waals surface area contributed by atoms with Crippen molar-refractivity contribution in [2.24, 2.45) is 0 Å². The average Bonchev–Trinajstić information content (AvgIpc) is 2.96. The van der Waals surface area contributed by atoms with Gasteiger partial charge >= 0.3 is 0 Å². The fourth-order valence-electron chi connectivity index (χ4n) is 3.25. The summed E-state index contributed by atoms with van der Waals surface area (Å²) < 4.78 is 20.7. The fourth-order valence-corrected chi connectivity index (χ4v) is 3.38. The molecule has 2 aromatic carbocycles. The van der Waals surface area contributed by atoms with Gasteiger partial charge in [-0.3, -0.25) is 4.79 Å². The standard InChI is InChI=1S/C22H23ClFN3O2/c1-13(16-5-10-21(29-4)20(24)11-16)25-22(28)12-19-14(2)26-27(15(19)3)18-8-6-17(23)7-9-18/h5-11,13H,12H2,1-4H3,(H,25,28). The van der Waals surface area contributed by atoms with Crippen molar-refractivity contribution < 1.29 is 13.9 Å². The minimum absolute atomic E-state index is 0.157. The van der Waals surface area contributed by atoms with Gasteiger partial charge in [-0.25, -0.2) is 9.07 Å². The Hall–Kier alpha value is -2.86. The monoisotopic (exact) mass is 415 g/mol. The number of carbonyl (C=O) groups excluding carboxylic acids is 1. The summed E-state index contributed by atoms with van der Waals surface area (Å²) in [6.45, 7) is 5.62. The first kappa shape index (κ1) is 20.9. The van der Waals surface area contributed by atoms with E-state index >= 15 is 0 Å². The van der Waals surface area contributed by atoms with Crippen LogP contribution in [-0.2, 0) is 11.2 Å². The summed E-state index contributed by atoms with van der Waals surface area (Å²) in [7, 11) is 1.41. The molecule has 0 radical (unpaired) electrons. The SMILES string of the molecule is COc1ccc(C(C)NC(=O)Cc2c(C)nn(-c3ccc(Cl)cc3)c2C)cc1F. The highest BCUT2D eigenvalue weighted by atomic mass is 35.5. The molecule has 7 heteroatoms. The zero-order valence-electron chi connectivity index (χ0n) is 16.8. The minimum atomic E-state index is -0.456. The summed E-state index contributed by atoms with van der Waals surface area (Å²) in [4.78, 5) is 12.6. The van der Waals surface area contributed by atoms with E-state index in [2.05, 4.69) is 10.4 Å². The van der Waals surface area contributed by atoms with Crippen LogP contribution < -0.4 is 10.1 Å². The number of nitrogens with one attached hydrogen (secondary N) is 1. The highest BCUT2D eigenvalue weighted by molar-refractivity contribution is 6.30. The van der Waals surface area contributed by atoms with Gasteiger partial charge in [-0.2, -0.15) is 5.10 Å². The largest absolute Gasteiger partial charge is 0.494 e. The van der Waals surface area contributed by atoms with Gasteiger partial charge < -0.3 is 10.1 Å². The fraction of sp³-hybridized carbons (Fsp3) is 0.273. The molecule has 0 spiro atoms. The molecule has 0 saturated heterocycles. The molecule has 0 aliphatic rings. The minimum Gasteiger partial charge on any atom is -0.494 e. The van der Waals surface area contributed by atoms with Crippen LogP contribution in [0.2, 0.25) is 5.02 Å². The average molecular weight is 416 g/mol. The predicted octanol–water partition coefficient (Wildman–Crippen LogP) is 4.71. The van der Waals surface area contributed by atoms with Crippen LogP contribution in [0.25, 0.3) is 5.69 Å². The molecule has 1 heterocycles. The third-order valence-corrected chi connectivity index (χ3v) is 5.16. The van der Waals surface area contributed by atoms with Gasteiger partial charge in [0.15, 0.2) is 11.6 Å². The number of hydrogen-bond acceptors (Lipinski definition) is 3. The van der Waals surface area contributed by atoms with E-state index in [1.807, 2.05) is 32.9 Å². The Balaban J connectivity index is 1.74. The first-order chi connectivity index (χ1) is 13.8. The van der Waals surface area contributed by atoms with Crippen LogP contribution in [-0.4, -0.2) is 22.8 Å². The Morgan fingerprint density at radius 1 is 1.24 bits per heavy atom. The molecule has 1 N–H and O–H groups in total. The summed E-state index contributed by atoms with van der Waals surface area (Å²) in [6.07, 6.45) is 0.189. The lowest BCUT2D eigenvalue weighted by atomic mass is 10.1. The van der Waals surface area contributed by atoms with Crippen molar-refractivity contribution in [3.05, 3.63) is 75.8 Å². The summed E-state index contributed by atoms with van der Waals surface area (Å²) in [5.41, 5.74) is 4.09. The Kier molecular flexibility index (Phi) is 6.23. The highest BCUT2D eigenvalue weighted by Gasteiger charge is 2.18. The maximum Gasteiger partial charge on any atom is 0.225 e. The van der Waals surface area contributed by atoms with Crippen LogP contribution >= 0.6 is 11.6 Å². The van der Waals surface area contributed by atoms with E-state index in [9.17, 15) is 9.18 Å². The molecule has 29 heavy (non-hydrogen) atoms. The number of hydrogen-bond donors (Lipinski definition) is 1. The molecule has 5 nitrogen and oxygen atoms in total. The summed E-state index contributed by atoms with van der Waals surface area (Å²) in [6, 6.07) is 11.7. The van der Waals surface area contributed by atoms with Crippen molar-refractivity contribution >= 4 is 17.5 Å². The normalized spacial score (nSPS) is 11.9. The van der Waals surface area contributed by atoms with E-state index in [0.29, 0.717) is 10.6 Å². The van der Waals surface area contributed by atoms with Gasteiger partial charge in [-0.05, 0) is 62.7 Å². The molecule has 3 aromatic rings. The first-order valence-corrected chi connectivity index (χ1v) is 9.61. The van der Waals surface area contributed by atoms with Crippen molar-refractivity contribution in [3.63, 3.8) is 0 Å². The predicted molar refractivity (Wildman–Crippen MR) is 111 cm³/mol. The second-order valence-electron chi connectivity index (χ2n) is 6.90. The number of benzene rings is 2. The van der Waals surface area contributed by atoms with Crippen LogP contribution in [0.3, 0.4) is 0 Å². The number of halogens is 2. The van der Waals surface area contributed by atoms with Crippen molar-refractivity contribution in [3.8, 4) is 11.4 Å². The second-order valence-corrected chi connectivity index (χ2v) is 7.33. The van der Waals surface area contributed by atoms with Crippen LogP contribution in [0.4, 0.5) is 4.39 Å². The van der Waals surface area contributed by atoms with Crippen molar-refractivity contribution in [1.29, 1.82) is 0 Å². The molecule has 0 bridgehead atoms. The van der Waals surface area contributed by atoms with E-state index in [1.54, 1.807) is 28.9 Å². The topological polar surface area (TPSA) is 56.1 Å². The van der Waals surface area contributed by atoms with Gasteiger partial charge in [-0.15, -0.1) is 0 Å². The molecular formula is C22H23ClFN3O2. The van der Waals surface area contributed by atoms with Gasteiger partial charge in [-0.1, -0.05) is 17.7 Å². The molecule has 152 valence electrons. The van der Waals surface area contributed by atoms with Gasteiger partial charge in [0.25, 0.3) is 0 Å². The molecule has 1 aromatic heterocycles. The summed E-state index contributed by atoms with van der Waals surface area (Å²) in [5, 5.41) is 8.13. The Morgan fingerprint density at radius 3 is 2.55 bits per heavy atom. The van der Waals surface area contributed by atoms with Crippen LogP contribution in [0.5, 0.6) is 5.75 Å². The molecule has 1 unspecified atom stereocenters. The quantitative estimate of drug-likeness (QED) is 0.634. The maximum absolute atomic E-state index is 13.9. The number of nitrogens with zero attached hydrogens (tertiary/aromatic N) is 2. The number of methoxy groups -OCH3 is 1. The molecule has 0 aliphatic carbocycles. The third-order valence-electron chi connectivity index (χ3n) is 4.90. The molecule has 1 amide bonds. The van der Waals surface area contributed by atoms with E-state index in [4.69, 9.17) is 16.3 Å². The van der Waals surface area contributed by atoms with Crippen LogP contribution in [0.1, 0.15) is 35.5 Å². The Labute approximate surface area is 174 Å². The molecule has 0 saturated carbocycles. The van der Waals surface area contributed by atoms with E-state index in [-0.39, 0.29) is 24.1 Å². The lowest BCUT2D eigenvalue weighted by molar-refractivity contribution is -0.121. The van der Waals surface area contributed by atoms with Gasteiger partial charge in [0.1, 0.15) is 0 Å². The zero-order valence-corrected chi connectivity index (χ0v) is 17.5. The molecule has 0 fully saturated rings. The number of rotatable bonds is 6. The van der Waals surface area contributed by atoms with Crippen molar-refractivity contribution in [2.45, 2.75) is 33.2 Å². The second kappa shape index (κ2) is 8.66. The van der Waals surface area contributed by atoms with E-state index in [0.717, 1.165) is 22.6 Å². The molecule has 0 aliphatic heterocycles.